The Balaban J connectivity index is 2.09. The maximum absolute atomic E-state index is 5.71. The molecule has 0 N–H and O–H groups in total. The van der Waals surface area contributed by atoms with Gasteiger partial charge in [-0.3, -0.25) is 4.99 Å². The van der Waals surface area contributed by atoms with E-state index >= 15 is 0 Å². The maximum atomic E-state index is 5.71. The highest BCUT2D eigenvalue weighted by molar-refractivity contribution is 5.50. The van der Waals surface area contributed by atoms with E-state index in [4.69, 9.17) is 4.74 Å². The second kappa shape index (κ2) is 8.55. The molecule has 0 spiro atoms. The number of hydrogen-bond donors (Lipinski definition) is 0. The molecule has 0 aromatic heterocycles. The minimum Gasteiger partial charge on any atom is -0.475 e. The van der Waals surface area contributed by atoms with E-state index in [0.717, 1.165) is 6.54 Å². The Morgan fingerprint density at radius 3 is 2.33 bits per heavy atom. The molecule has 1 rings (SSSR count). The minimum atomic E-state index is -0.0169. The fourth-order valence-corrected chi connectivity index (χ4v) is 2.93. The molecule has 0 saturated heterocycles. The third-order valence-corrected chi connectivity index (χ3v) is 4.31. The highest BCUT2D eigenvalue weighted by Gasteiger charge is 2.36. The molecule has 2 heteroatoms. The lowest BCUT2D eigenvalue weighted by Crippen LogP contribution is -2.37. The molecule has 0 aromatic carbocycles. The Hall–Kier alpha value is -0.530. The van der Waals surface area contributed by atoms with E-state index < -0.39 is 0 Å². The number of nitrogens with zero attached hydrogens (tertiary/aromatic N) is 1. The number of rotatable bonds is 10. The molecule has 18 heavy (non-hydrogen) atoms. The van der Waals surface area contributed by atoms with Crippen LogP contribution in [-0.4, -0.2) is 18.5 Å². The number of hydrogen-bond acceptors (Lipinski definition) is 2. The molecule has 2 nitrogen and oxygen atoms in total. The van der Waals surface area contributed by atoms with Crippen molar-refractivity contribution < 1.29 is 4.74 Å². The molecule has 0 bridgehead atoms. The van der Waals surface area contributed by atoms with Gasteiger partial charge in [-0.05, 0) is 19.8 Å². The largest absolute Gasteiger partial charge is 0.475 e. The summed E-state index contributed by atoms with van der Waals surface area (Å²) >= 11 is 0. The van der Waals surface area contributed by atoms with Gasteiger partial charge in [0.1, 0.15) is 5.60 Å². The molecule has 0 aromatic rings. The Morgan fingerprint density at radius 1 is 1.11 bits per heavy atom. The van der Waals surface area contributed by atoms with Gasteiger partial charge in [-0.2, -0.15) is 0 Å². The van der Waals surface area contributed by atoms with Gasteiger partial charge in [-0.1, -0.05) is 58.8 Å². The normalized spacial score (nSPS) is 24.2. The molecule has 0 aliphatic carbocycles. The van der Waals surface area contributed by atoms with Crippen molar-refractivity contribution in [2.24, 2.45) is 10.9 Å². The molecule has 1 heterocycles. The maximum Gasteiger partial charge on any atom is 0.170 e. The van der Waals surface area contributed by atoms with E-state index in [-0.39, 0.29) is 5.60 Å². The number of aliphatic imine (C=N–C) groups is 1. The zero-order valence-corrected chi connectivity index (χ0v) is 12.6. The van der Waals surface area contributed by atoms with Crippen LogP contribution in [0.15, 0.2) is 4.99 Å². The van der Waals surface area contributed by atoms with Crippen LogP contribution in [-0.2, 0) is 4.74 Å². The zero-order valence-electron chi connectivity index (χ0n) is 12.6. The topological polar surface area (TPSA) is 21.6 Å². The molecule has 2 unspecified atom stereocenters. The Kier molecular flexibility index (Phi) is 7.38. The van der Waals surface area contributed by atoms with Crippen molar-refractivity contribution in [2.75, 3.05) is 6.54 Å². The smallest absolute Gasteiger partial charge is 0.170 e. The zero-order chi connectivity index (χ0) is 13.3. The summed E-state index contributed by atoms with van der Waals surface area (Å²) in [6.07, 6.45) is 13.9. The Labute approximate surface area is 113 Å². The summed E-state index contributed by atoms with van der Waals surface area (Å²) in [4.78, 5) is 4.24. The predicted molar refractivity (Wildman–Crippen MR) is 79.2 cm³/mol. The first-order valence-corrected chi connectivity index (χ1v) is 7.89. The summed E-state index contributed by atoms with van der Waals surface area (Å²) in [5, 5.41) is 0. The van der Waals surface area contributed by atoms with Crippen molar-refractivity contribution in [3.05, 3.63) is 0 Å². The molecular weight excluding hydrogens is 222 g/mol. The second-order valence-corrected chi connectivity index (χ2v) is 5.89. The van der Waals surface area contributed by atoms with Crippen LogP contribution in [0, 0.1) is 5.92 Å². The van der Waals surface area contributed by atoms with Gasteiger partial charge >= 0.3 is 0 Å². The van der Waals surface area contributed by atoms with Crippen LogP contribution in [0.5, 0.6) is 0 Å². The molecule has 0 fully saturated rings. The molecule has 2 atom stereocenters. The standard InChI is InChI=1S/C16H31NO/c1-4-6-7-8-9-10-11-12-15(5-2)16(3)13-17-14-18-16/h14-15H,4-13H2,1-3H3. The van der Waals surface area contributed by atoms with Gasteiger partial charge in [0.2, 0.25) is 0 Å². The molecule has 1 aliphatic heterocycles. The van der Waals surface area contributed by atoms with Crippen molar-refractivity contribution in [1.29, 1.82) is 0 Å². The van der Waals surface area contributed by atoms with E-state index in [1.54, 1.807) is 6.40 Å². The Morgan fingerprint density at radius 2 is 1.78 bits per heavy atom. The quantitative estimate of drug-likeness (QED) is 0.504. The summed E-state index contributed by atoms with van der Waals surface area (Å²) in [5.74, 6) is 0.663. The summed E-state index contributed by atoms with van der Waals surface area (Å²) in [6, 6.07) is 0. The van der Waals surface area contributed by atoms with Crippen molar-refractivity contribution in [1.82, 2.24) is 0 Å². The van der Waals surface area contributed by atoms with Gasteiger partial charge in [0, 0.05) is 5.92 Å². The number of ether oxygens (including phenoxy) is 1. The van der Waals surface area contributed by atoms with E-state index in [9.17, 15) is 0 Å². The van der Waals surface area contributed by atoms with Crippen LogP contribution < -0.4 is 0 Å². The summed E-state index contributed by atoms with van der Waals surface area (Å²) in [5.41, 5.74) is -0.0169. The van der Waals surface area contributed by atoms with Crippen LogP contribution in [0.4, 0.5) is 0 Å². The monoisotopic (exact) mass is 253 g/mol. The van der Waals surface area contributed by atoms with Crippen molar-refractivity contribution in [3.63, 3.8) is 0 Å². The predicted octanol–water partition coefficient (Wildman–Crippen LogP) is 4.97. The van der Waals surface area contributed by atoms with Crippen molar-refractivity contribution >= 4 is 6.40 Å². The SMILES string of the molecule is CCCCCCCCCC(CC)C1(C)CN=CO1. The van der Waals surface area contributed by atoms with Crippen molar-refractivity contribution in [3.8, 4) is 0 Å². The highest BCUT2D eigenvalue weighted by atomic mass is 16.5. The highest BCUT2D eigenvalue weighted by Crippen LogP contribution is 2.31. The van der Waals surface area contributed by atoms with E-state index in [2.05, 4.69) is 25.8 Å². The van der Waals surface area contributed by atoms with Crippen molar-refractivity contribution in [2.45, 2.75) is 84.2 Å². The first-order valence-electron chi connectivity index (χ1n) is 7.89. The van der Waals surface area contributed by atoms with Crippen LogP contribution in [0.2, 0.25) is 0 Å². The number of unbranched alkanes of at least 4 members (excludes halogenated alkanes) is 6. The summed E-state index contributed by atoms with van der Waals surface area (Å²) < 4.78 is 5.71. The van der Waals surface area contributed by atoms with Gasteiger partial charge in [0.15, 0.2) is 6.40 Å². The van der Waals surface area contributed by atoms with Gasteiger partial charge in [0.25, 0.3) is 0 Å². The molecular formula is C16H31NO. The molecule has 106 valence electrons. The van der Waals surface area contributed by atoms with Gasteiger partial charge < -0.3 is 4.74 Å². The van der Waals surface area contributed by atoms with Crippen LogP contribution >= 0.6 is 0 Å². The summed E-state index contributed by atoms with van der Waals surface area (Å²) in [7, 11) is 0. The van der Waals surface area contributed by atoms with E-state index in [0.29, 0.717) is 5.92 Å². The molecule has 0 amide bonds. The van der Waals surface area contributed by atoms with Crippen LogP contribution in [0.3, 0.4) is 0 Å². The summed E-state index contributed by atoms with van der Waals surface area (Å²) in [6.45, 7) is 7.62. The third-order valence-electron chi connectivity index (χ3n) is 4.31. The molecule has 0 saturated carbocycles. The van der Waals surface area contributed by atoms with E-state index in [1.165, 1.54) is 57.8 Å². The lowest BCUT2D eigenvalue weighted by molar-refractivity contribution is 0.0392. The molecule has 0 radical (unpaired) electrons. The molecule has 1 aliphatic rings. The van der Waals surface area contributed by atoms with Crippen LogP contribution in [0.1, 0.15) is 78.6 Å². The average Bonchev–Trinajstić information content (AvgIpc) is 2.80. The van der Waals surface area contributed by atoms with Gasteiger partial charge in [-0.15, -0.1) is 0 Å². The van der Waals surface area contributed by atoms with Gasteiger partial charge in [0.05, 0.1) is 6.54 Å². The fraction of sp³-hybridized carbons (Fsp3) is 0.938. The minimum absolute atomic E-state index is 0.0169. The average molecular weight is 253 g/mol. The fourth-order valence-electron chi connectivity index (χ4n) is 2.93. The lowest BCUT2D eigenvalue weighted by Gasteiger charge is -2.31. The van der Waals surface area contributed by atoms with Gasteiger partial charge in [-0.25, -0.2) is 0 Å². The third kappa shape index (κ3) is 4.99. The first kappa shape index (κ1) is 15.5. The lowest BCUT2D eigenvalue weighted by atomic mass is 9.83. The first-order chi connectivity index (χ1) is 8.73. The Bertz CT molecular complexity index is 229. The van der Waals surface area contributed by atoms with E-state index in [1.807, 2.05) is 0 Å². The van der Waals surface area contributed by atoms with Crippen LogP contribution in [0.25, 0.3) is 0 Å². The second-order valence-electron chi connectivity index (χ2n) is 5.89.